The van der Waals surface area contributed by atoms with E-state index in [1.54, 1.807) is 0 Å². The molecule has 2 heterocycles. The summed E-state index contributed by atoms with van der Waals surface area (Å²) in [6.45, 7) is 0. The highest BCUT2D eigenvalue weighted by Gasteiger charge is 2.25. The normalized spacial score (nSPS) is 18.3. The van der Waals surface area contributed by atoms with Crippen molar-refractivity contribution in [2.24, 2.45) is 5.10 Å². The number of allylic oxidation sites excluding steroid dienone is 2. The van der Waals surface area contributed by atoms with Crippen LogP contribution in [0.15, 0.2) is 16.9 Å². The fourth-order valence-corrected chi connectivity index (χ4v) is 1.38. The molecule has 6 heteroatoms. The van der Waals surface area contributed by atoms with E-state index in [4.69, 9.17) is 0 Å². The molecule has 0 fully saturated rings. The summed E-state index contributed by atoms with van der Waals surface area (Å²) >= 11 is 0. The average Bonchev–Trinajstić information content (AvgIpc) is 2.71. The van der Waals surface area contributed by atoms with Gasteiger partial charge in [0.05, 0.1) is 11.4 Å². The fourth-order valence-electron chi connectivity index (χ4n) is 1.38. The Morgan fingerprint density at radius 2 is 2.33 bits per heavy atom. The van der Waals surface area contributed by atoms with E-state index >= 15 is 0 Å². The predicted molar refractivity (Wildman–Crippen MR) is 41.0 cm³/mol. The Labute approximate surface area is 67.7 Å². The second-order valence-electron chi connectivity index (χ2n) is 2.64. The molecule has 6 nitrogen and oxygen atoms in total. The zero-order valence-electron chi connectivity index (χ0n) is 6.13. The molecule has 0 saturated heterocycles. The van der Waals surface area contributed by atoms with E-state index < -0.39 is 0 Å². The summed E-state index contributed by atoms with van der Waals surface area (Å²) < 4.78 is 0. The van der Waals surface area contributed by atoms with Gasteiger partial charge < -0.3 is 0 Å². The lowest BCUT2D eigenvalue weighted by molar-refractivity contribution is 0.688. The van der Waals surface area contributed by atoms with Gasteiger partial charge in [-0.15, -0.1) is 0 Å². The molecule has 0 amide bonds. The van der Waals surface area contributed by atoms with Gasteiger partial charge in [-0.2, -0.15) is 20.5 Å². The summed E-state index contributed by atoms with van der Waals surface area (Å²) in [6, 6.07) is 0. The molecular formula is C6H6N6. The topological polar surface area (TPSA) is 78.0 Å². The zero-order valence-corrected chi connectivity index (χ0v) is 6.13. The monoisotopic (exact) mass is 162 g/mol. The Balaban J connectivity index is 2.23. The van der Waals surface area contributed by atoms with Crippen molar-refractivity contribution in [3.05, 3.63) is 23.2 Å². The average molecular weight is 162 g/mol. The number of aromatic amines is 1. The molecule has 1 aromatic heterocycles. The van der Waals surface area contributed by atoms with Crippen molar-refractivity contribution in [3.63, 3.8) is 0 Å². The maximum Gasteiger partial charge on any atom is 0.139 e. The zero-order chi connectivity index (χ0) is 7.97. The van der Waals surface area contributed by atoms with Crippen molar-refractivity contribution in [2.75, 3.05) is 0 Å². The van der Waals surface area contributed by atoms with Crippen LogP contribution in [0.4, 0.5) is 0 Å². The van der Waals surface area contributed by atoms with Gasteiger partial charge in [-0.05, 0) is 0 Å². The molecule has 0 aromatic carbocycles. The van der Waals surface area contributed by atoms with Crippen LogP contribution >= 0.6 is 0 Å². The van der Waals surface area contributed by atoms with Gasteiger partial charge in [-0.3, -0.25) is 5.43 Å². The van der Waals surface area contributed by atoms with E-state index in [0.29, 0.717) is 0 Å². The van der Waals surface area contributed by atoms with Gasteiger partial charge in [0.2, 0.25) is 0 Å². The van der Waals surface area contributed by atoms with Gasteiger partial charge in [0.1, 0.15) is 11.4 Å². The smallest absolute Gasteiger partial charge is 0.139 e. The lowest BCUT2D eigenvalue weighted by Gasteiger charge is -2.05. The molecule has 1 aromatic rings. The first-order valence-corrected chi connectivity index (χ1v) is 3.64. The first-order valence-electron chi connectivity index (χ1n) is 3.64. The van der Waals surface area contributed by atoms with E-state index in [9.17, 15) is 0 Å². The lowest BCUT2D eigenvalue weighted by atomic mass is 10.0. The summed E-state index contributed by atoms with van der Waals surface area (Å²) in [5.74, 6) is 0. The molecular weight excluding hydrogens is 156 g/mol. The summed E-state index contributed by atoms with van der Waals surface area (Å²) in [4.78, 5) is 0. The minimum atomic E-state index is 0.800. The van der Waals surface area contributed by atoms with Gasteiger partial charge in [-0.25, -0.2) is 5.53 Å². The van der Waals surface area contributed by atoms with Crippen LogP contribution in [0.2, 0.25) is 0 Å². The molecule has 0 saturated carbocycles. The second-order valence-corrected chi connectivity index (χ2v) is 2.64. The van der Waals surface area contributed by atoms with Gasteiger partial charge in [-0.1, -0.05) is 6.08 Å². The van der Waals surface area contributed by atoms with E-state index in [1.807, 2.05) is 6.08 Å². The van der Waals surface area contributed by atoms with Crippen LogP contribution in [0.1, 0.15) is 11.4 Å². The lowest BCUT2D eigenvalue weighted by Crippen LogP contribution is -2.22. The number of hydrogen-bond acceptors (Lipinski definition) is 5. The number of H-pyrrole nitrogens is 1. The van der Waals surface area contributed by atoms with Gasteiger partial charge in [0.15, 0.2) is 0 Å². The SMILES string of the molecule is C1=C2NNN=C2c2n[nH]nc2C1. The van der Waals surface area contributed by atoms with Crippen molar-refractivity contribution < 1.29 is 0 Å². The van der Waals surface area contributed by atoms with E-state index in [1.165, 1.54) is 0 Å². The number of rotatable bonds is 0. The van der Waals surface area contributed by atoms with Crippen LogP contribution in [-0.2, 0) is 6.42 Å². The molecule has 0 atom stereocenters. The van der Waals surface area contributed by atoms with Gasteiger partial charge in [0.25, 0.3) is 0 Å². The van der Waals surface area contributed by atoms with Crippen LogP contribution in [0.5, 0.6) is 0 Å². The molecule has 0 bridgehead atoms. The Hall–Kier alpha value is -1.85. The first-order chi connectivity index (χ1) is 5.95. The maximum absolute atomic E-state index is 4.04. The van der Waals surface area contributed by atoms with E-state index in [-0.39, 0.29) is 0 Å². The highest BCUT2D eigenvalue weighted by Crippen LogP contribution is 2.17. The van der Waals surface area contributed by atoms with Crippen LogP contribution in [0.3, 0.4) is 0 Å². The Morgan fingerprint density at radius 1 is 1.33 bits per heavy atom. The van der Waals surface area contributed by atoms with Crippen LogP contribution in [0, 0.1) is 0 Å². The number of hydrazine groups is 1. The molecule has 2 aliphatic rings. The molecule has 12 heavy (non-hydrogen) atoms. The highest BCUT2D eigenvalue weighted by molar-refractivity contribution is 6.13. The van der Waals surface area contributed by atoms with Crippen LogP contribution in [-0.4, -0.2) is 21.1 Å². The molecule has 3 N–H and O–H groups in total. The van der Waals surface area contributed by atoms with Crippen molar-refractivity contribution in [1.82, 2.24) is 26.4 Å². The third-order valence-corrected chi connectivity index (χ3v) is 1.96. The highest BCUT2D eigenvalue weighted by atomic mass is 15.6. The largest absolute Gasteiger partial charge is 0.283 e. The quantitative estimate of drug-likeness (QED) is 0.460. The molecule has 0 radical (unpaired) electrons. The summed E-state index contributed by atoms with van der Waals surface area (Å²) in [5.41, 5.74) is 9.20. The van der Waals surface area contributed by atoms with Crippen LogP contribution < -0.4 is 11.0 Å². The number of aromatic nitrogens is 3. The second kappa shape index (κ2) is 1.84. The Morgan fingerprint density at radius 3 is 3.33 bits per heavy atom. The van der Waals surface area contributed by atoms with Crippen molar-refractivity contribution in [2.45, 2.75) is 6.42 Å². The van der Waals surface area contributed by atoms with Crippen molar-refractivity contribution in [3.8, 4) is 0 Å². The van der Waals surface area contributed by atoms with Crippen LogP contribution in [0.25, 0.3) is 0 Å². The third-order valence-electron chi connectivity index (χ3n) is 1.96. The Bertz CT molecular complexity index is 386. The number of fused-ring (bicyclic) bond motifs is 3. The van der Waals surface area contributed by atoms with Crippen molar-refractivity contribution >= 4 is 5.71 Å². The standard InChI is InChI=1S/C6H6N6/c1-2-4-6(10-12-8-4)5-3(1)7-11-9-5/h1,7,11H,2H2,(H,8,10,12). The number of hydrazone groups is 1. The maximum atomic E-state index is 4.04. The fraction of sp³-hybridized carbons (Fsp3) is 0.167. The molecule has 60 valence electrons. The van der Waals surface area contributed by atoms with Crippen molar-refractivity contribution in [1.29, 1.82) is 0 Å². The minimum Gasteiger partial charge on any atom is -0.283 e. The van der Waals surface area contributed by atoms with Gasteiger partial charge in [0, 0.05) is 6.42 Å². The third kappa shape index (κ3) is 0.565. The predicted octanol–water partition coefficient (Wildman–Crippen LogP) is -0.943. The Kier molecular flexibility index (Phi) is 0.885. The molecule has 0 unspecified atom stereocenters. The molecule has 1 aliphatic carbocycles. The molecule has 1 aliphatic heterocycles. The summed E-state index contributed by atoms with van der Waals surface area (Å²) in [6.07, 6.45) is 2.83. The van der Waals surface area contributed by atoms with E-state index in [0.717, 1.165) is 29.2 Å². The minimum absolute atomic E-state index is 0.800. The van der Waals surface area contributed by atoms with Gasteiger partial charge >= 0.3 is 0 Å². The number of nitrogens with zero attached hydrogens (tertiary/aromatic N) is 3. The molecule has 0 spiro atoms. The first kappa shape index (κ1) is 5.76. The number of nitrogens with one attached hydrogen (secondary N) is 3. The number of hydrogen-bond donors (Lipinski definition) is 3. The van der Waals surface area contributed by atoms with E-state index in [2.05, 4.69) is 31.5 Å². The summed E-state index contributed by atoms with van der Waals surface area (Å²) in [5, 5.41) is 14.6. The molecule has 3 rings (SSSR count). The summed E-state index contributed by atoms with van der Waals surface area (Å²) in [7, 11) is 0.